The quantitative estimate of drug-likeness (QED) is 0.775. The molecular formula is C16H22O3. The van der Waals surface area contributed by atoms with Gasteiger partial charge in [0.05, 0.1) is 13.7 Å². The van der Waals surface area contributed by atoms with Crippen LogP contribution in [-0.4, -0.2) is 19.7 Å². The zero-order valence-corrected chi connectivity index (χ0v) is 11.8. The highest BCUT2D eigenvalue weighted by molar-refractivity contribution is 5.92. The van der Waals surface area contributed by atoms with Crippen LogP contribution in [0, 0.1) is 12.8 Å². The fourth-order valence-corrected chi connectivity index (χ4v) is 2.67. The number of hydrogen-bond acceptors (Lipinski definition) is 3. The number of ether oxygens (including phenoxy) is 2. The molecule has 1 aromatic carbocycles. The Morgan fingerprint density at radius 2 is 2.00 bits per heavy atom. The summed E-state index contributed by atoms with van der Waals surface area (Å²) in [6.07, 6.45) is 6.41. The van der Waals surface area contributed by atoms with Crippen molar-refractivity contribution in [3.63, 3.8) is 0 Å². The molecule has 3 heteroatoms. The molecule has 1 fully saturated rings. The molecule has 1 saturated carbocycles. The lowest BCUT2D eigenvalue weighted by Crippen LogP contribution is -2.17. The van der Waals surface area contributed by atoms with Gasteiger partial charge in [-0.1, -0.05) is 31.4 Å². The van der Waals surface area contributed by atoms with Gasteiger partial charge in [-0.25, -0.2) is 4.79 Å². The highest BCUT2D eigenvalue weighted by atomic mass is 16.5. The van der Waals surface area contributed by atoms with Gasteiger partial charge < -0.3 is 9.47 Å². The van der Waals surface area contributed by atoms with Crippen LogP contribution in [0.1, 0.15) is 48.0 Å². The van der Waals surface area contributed by atoms with E-state index in [0.29, 0.717) is 23.8 Å². The summed E-state index contributed by atoms with van der Waals surface area (Å²) in [7, 11) is 1.40. The predicted molar refractivity (Wildman–Crippen MR) is 74.6 cm³/mol. The molecule has 0 N–H and O–H groups in total. The summed E-state index contributed by atoms with van der Waals surface area (Å²) < 4.78 is 10.7. The van der Waals surface area contributed by atoms with E-state index in [2.05, 4.69) is 0 Å². The summed E-state index contributed by atoms with van der Waals surface area (Å²) in [5.74, 6) is 0.973. The Balaban J connectivity index is 2.07. The zero-order valence-electron chi connectivity index (χ0n) is 11.8. The van der Waals surface area contributed by atoms with Crippen LogP contribution in [0.5, 0.6) is 5.75 Å². The van der Waals surface area contributed by atoms with Gasteiger partial charge in [0.15, 0.2) is 0 Å². The summed E-state index contributed by atoms with van der Waals surface area (Å²) in [5, 5.41) is 0. The van der Waals surface area contributed by atoms with E-state index in [0.717, 1.165) is 5.56 Å². The molecule has 0 radical (unpaired) electrons. The fourth-order valence-electron chi connectivity index (χ4n) is 2.67. The van der Waals surface area contributed by atoms with E-state index in [1.54, 1.807) is 6.07 Å². The number of rotatable bonds is 4. The molecule has 1 aliphatic carbocycles. The summed E-state index contributed by atoms with van der Waals surface area (Å²) in [6, 6.07) is 5.58. The minimum Gasteiger partial charge on any atom is -0.492 e. The van der Waals surface area contributed by atoms with E-state index in [9.17, 15) is 4.79 Å². The number of benzene rings is 1. The number of para-hydroxylation sites is 1. The lowest BCUT2D eigenvalue weighted by atomic mass is 9.90. The van der Waals surface area contributed by atoms with Gasteiger partial charge >= 0.3 is 5.97 Å². The fraction of sp³-hybridized carbons (Fsp3) is 0.562. The summed E-state index contributed by atoms with van der Waals surface area (Å²) >= 11 is 0. The Morgan fingerprint density at radius 3 is 2.68 bits per heavy atom. The Labute approximate surface area is 114 Å². The summed E-state index contributed by atoms with van der Waals surface area (Å²) in [4.78, 5) is 11.7. The molecule has 0 aliphatic heterocycles. The van der Waals surface area contributed by atoms with Gasteiger partial charge in [0, 0.05) is 0 Å². The van der Waals surface area contributed by atoms with Crippen LogP contribution in [-0.2, 0) is 4.74 Å². The molecule has 0 spiro atoms. The molecule has 0 heterocycles. The molecule has 104 valence electrons. The number of esters is 1. The molecule has 0 bridgehead atoms. The molecule has 0 amide bonds. The van der Waals surface area contributed by atoms with Crippen LogP contribution in [0.2, 0.25) is 0 Å². The van der Waals surface area contributed by atoms with Gasteiger partial charge in [-0.2, -0.15) is 0 Å². The van der Waals surface area contributed by atoms with Crippen molar-refractivity contribution in [2.75, 3.05) is 13.7 Å². The Kier molecular flexibility index (Phi) is 4.83. The largest absolute Gasteiger partial charge is 0.492 e. The number of carbonyl (C=O) groups is 1. The van der Waals surface area contributed by atoms with Crippen LogP contribution in [0.25, 0.3) is 0 Å². The molecule has 3 nitrogen and oxygen atoms in total. The molecule has 1 aliphatic rings. The van der Waals surface area contributed by atoms with Gasteiger partial charge in [-0.05, 0) is 37.3 Å². The molecule has 2 rings (SSSR count). The van der Waals surface area contributed by atoms with Crippen LogP contribution in [0.15, 0.2) is 18.2 Å². The smallest absolute Gasteiger partial charge is 0.341 e. The Hall–Kier alpha value is -1.51. The minimum absolute atomic E-state index is 0.331. The highest BCUT2D eigenvalue weighted by Gasteiger charge is 2.18. The van der Waals surface area contributed by atoms with Gasteiger partial charge in [-0.15, -0.1) is 0 Å². The maximum Gasteiger partial charge on any atom is 0.341 e. The second kappa shape index (κ2) is 6.60. The van der Waals surface area contributed by atoms with Crippen molar-refractivity contribution in [1.29, 1.82) is 0 Å². The minimum atomic E-state index is -0.331. The Bertz CT molecular complexity index is 434. The maximum atomic E-state index is 11.7. The van der Waals surface area contributed by atoms with Gasteiger partial charge in [0.2, 0.25) is 0 Å². The van der Waals surface area contributed by atoms with Gasteiger partial charge in [-0.3, -0.25) is 0 Å². The zero-order chi connectivity index (χ0) is 13.7. The predicted octanol–water partition coefficient (Wildman–Crippen LogP) is 3.74. The van der Waals surface area contributed by atoms with E-state index in [-0.39, 0.29) is 5.97 Å². The van der Waals surface area contributed by atoms with Crippen LogP contribution in [0.3, 0.4) is 0 Å². The van der Waals surface area contributed by atoms with Gasteiger partial charge in [0.1, 0.15) is 11.3 Å². The van der Waals surface area contributed by atoms with Gasteiger partial charge in [0.25, 0.3) is 0 Å². The third-order valence-electron chi connectivity index (χ3n) is 3.81. The lowest BCUT2D eigenvalue weighted by molar-refractivity contribution is 0.0594. The summed E-state index contributed by atoms with van der Waals surface area (Å²) in [5.41, 5.74) is 1.51. The first-order valence-electron chi connectivity index (χ1n) is 7.03. The first kappa shape index (κ1) is 13.9. The number of methoxy groups -OCH3 is 1. The molecule has 0 unspecified atom stereocenters. The van der Waals surface area contributed by atoms with E-state index in [1.807, 2.05) is 19.1 Å². The number of carbonyl (C=O) groups excluding carboxylic acids is 1. The molecule has 19 heavy (non-hydrogen) atoms. The topological polar surface area (TPSA) is 35.5 Å². The number of hydrogen-bond donors (Lipinski definition) is 0. The molecule has 0 atom stereocenters. The number of aryl methyl sites for hydroxylation is 1. The van der Waals surface area contributed by atoms with E-state index >= 15 is 0 Å². The second-order valence-corrected chi connectivity index (χ2v) is 5.26. The normalized spacial score (nSPS) is 16.1. The SMILES string of the molecule is COC(=O)c1cccc(C)c1OCC1CCCCC1. The average Bonchev–Trinajstić information content (AvgIpc) is 2.46. The second-order valence-electron chi connectivity index (χ2n) is 5.26. The van der Waals surface area contributed by atoms with Crippen molar-refractivity contribution in [1.82, 2.24) is 0 Å². The van der Waals surface area contributed by atoms with Crippen molar-refractivity contribution in [2.24, 2.45) is 5.92 Å². The molecule has 0 saturated heterocycles. The standard InChI is InChI=1S/C16H22O3/c1-12-7-6-10-14(16(17)18-2)15(12)19-11-13-8-4-3-5-9-13/h6-7,10,13H,3-5,8-9,11H2,1-2H3. The highest BCUT2D eigenvalue weighted by Crippen LogP contribution is 2.28. The third kappa shape index (κ3) is 3.49. The maximum absolute atomic E-state index is 11.7. The van der Waals surface area contributed by atoms with Crippen molar-refractivity contribution in [2.45, 2.75) is 39.0 Å². The van der Waals surface area contributed by atoms with Crippen LogP contribution in [0.4, 0.5) is 0 Å². The van der Waals surface area contributed by atoms with Crippen molar-refractivity contribution in [3.05, 3.63) is 29.3 Å². The molecule has 0 aromatic heterocycles. The molecular weight excluding hydrogens is 240 g/mol. The first-order chi connectivity index (χ1) is 9.22. The van der Waals surface area contributed by atoms with Crippen LogP contribution >= 0.6 is 0 Å². The summed E-state index contributed by atoms with van der Waals surface area (Å²) in [6.45, 7) is 2.66. The van der Waals surface area contributed by atoms with Crippen molar-refractivity contribution < 1.29 is 14.3 Å². The van der Waals surface area contributed by atoms with Crippen LogP contribution < -0.4 is 4.74 Å². The van der Waals surface area contributed by atoms with Crippen molar-refractivity contribution >= 4 is 5.97 Å². The Morgan fingerprint density at radius 1 is 1.26 bits per heavy atom. The van der Waals surface area contributed by atoms with E-state index in [4.69, 9.17) is 9.47 Å². The molecule has 1 aromatic rings. The van der Waals surface area contributed by atoms with E-state index in [1.165, 1.54) is 39.2 Å². The van der Waals surface area contributed by atoms with E-state index < -0.39 is 0 Å². The third-order valence-corrected chi connectivity index (χ3v) is 3.81. The first-order valence-corrected chi connectivity index (χ1v) is 7.03. The monoisotopic (exact) mass is 262 g/mol. The van der Waals surface area contributed by atoms with Crippen molar-refractivity contribution in [3.8, 4) is 5.75 Å². The lowest BCUT2D eigenvalue weighted by Gasteiger charge is -2.22. The average molecular weight is 262 g/mol.